The highest BCUT2D eigenvalue weighted by Crippen LogP contribution is 2.20. The van der Waals surface area contributed by atoms with Gasteiger partial charge in [-0.2, -0.15) is 5.10 Å². The maximum Gasteiger partial charge on any atom is 0.265 e. The van der Waals surface area contributed by atoms with Crippen LogP contribution in [0.3, 0.4) is 0 Å². The van der Waals surface area contributed by atoms with Gasteiger partial charge in [0.2, 0.25) is 0 Å². The van der Waals surface area contributed by atoms with Gasteiger partial charge in [0.15, 0.2) is 0 Å². The maximum atomic E-state index is 12.3. The molecule has 0 spiro atoms. The van der Waals surface area contributed by atoms with E-state index in [1.807, 2.05) is 0 Å². The number of hydrogen-bond donors (Lipinski definition) is 3. The maximum absolute atomic E-state index is 12.3. The number of nitrogens with one attached hydrogen (secondary N) is 3. The van der Waals surface area contributed by atoms with Gasteiger partial charge in [-0.05, 0) is 32.4 Å². The molecule has 3 N–H and O–H groups in total. The zero-order valence-corrected chi connectivity index (χ0v) is 13.1. The third-order valence-electron chi connectivity index (χ3n) is 2.90. The average Bonchev–Trinajstić information content (AvgIpc) is 2.77. The van der Waals surface area contributed by atoms with Crippen LogP contribution in [0, 0.1) is 13.8 Å². The van der Waals surface area contributed by atoms with Crippen molar-refractivity contribution in [1.82, 2.24) is 15.2 Å². The predicted octanol–water partition coefficient (Wildman–Crippen LogP) is 2.04. The third-order valence-corrected chi connectivity index (χ3v) is 4.54. The van der Waals surface area contributed by atoms with Crippen LogP contribution in [0.15, 0.2) is 23.2 Å². The molecule has 0 radical (unpaired) electrons. The number of rotatable bonds is 6. The summed E-state index contributed by atoms with van der Waals surface area (Å²) in [5.74, 6) is 0.718. The molecule has 21 heavy (non-hydrogen) atoms. The molecule has 2 heterocycles. The summed E-state index contributed by atoms with van der Waals surface area (Å²) in [7, 11) is -3.67. The highest BCUT2D eigenvalue weighted by Gasteiger charge is 2.22. The lowest BCUT2D eigenvalue weighted by Gasteiger charge is -2.09. The predicted molar refractivity (Wildman–Crippen MR) is 81.9 cm³/mol. The zero-order chi connectivity index (χ0) is 15.5. The van der Waals surface area contributed by atoms with Gasteiger partial charge in [-0.15, -0.1) is 0 Å². The van der Waals surface area contributed by atoms with E-state index in [1.54, 1.807) is 26.0 Å². The molecule has 0 aliphatic rings. The lowest BCUT2D eigenvalue weighted by molar-refractivity contribution is 0.600. The monoisotopic (exact) mass is 309 g/mol. The highest BCUT2D eigenvalue weighted by molar-refractivity contribution is 7.92. The Bertz CT molecular complexity index is 687. The van der Waals surface area contributed by atoms with Crippen molar-refractivity contribution in [2.75, 3.05) is 16.6 Å². The van der Waals surface area contributed by atoms with Gasteiger partial charge >= 0.3 is 0 Å². The van der Waals surface area contributed by atoms with E-state index in [2.05, 4.69) is 32.1 Å². The van der Waals surface area contributed by atoms with E-state index in [9.17, 15) is 8.42 Å². The second-order valence-electron chi connectivity index (χ2n) is 4.73. The quantitative estimate of drug-likeness (QED) is 0.758. The van der Waals surface area contributed by atoms with Crippen LogP contribution < -0.4 is 10.0 Å². The first kappa shape index (κ1) is 15.3. The minimum atomic E-state index is -3.67. The van der Waals surface area contributed by atoms with E-state index < -0.39 is 10.0 Å². The molecule has 0 saturated carbocycles. The van der Waals surface area contributed by atoms with Crippen molar-refractivity contribution in [3.8, 4) is 0 Å². The fourth-order valence-electron chi connectivity index (χ4n) is 1.95. The lowest BCUT2D eigenvalue weighted by atomic mass is 10.4. The molecular weight excluding hydrogens is 290 g/mol. The highest BCUT2D eigenvalue weighted by atomic mass is 32.2. The molecule has 0 unspecified atom stereocenters. The first-order valence-corrected chi connectivity index (χ1v) is 8.16. The Morgan fingerprint density at radius 3 is 2.57 bits per heavy atom. The third kappa shape index (κ3) is 3.52. The van der Waals surface area contributed by atoms with Crippen molar-refractivity contribution < 1.29 is 8.42 Å². The topological polar surface area (TPSA) is 99.8 Å². The molecule has 0 aliphatic carbocycles. The summed E-state index contributed by atoms with van der Waals surface area (Å²) >= 11 is 0. The second kappa shape index (κ2) is 6.13. The SMILES string of the molecule is CCCNc1ccc(NS(=O)(=O)c2c(C)n[nH]c2C)cn1. The van der Waals surface area contributed by atoms with Crippen molar-refractivity contribution in [3.63, 3.8) is 0 Å². The number of aromatic nitrogens is 3. The van der Waals surface area contributed by atoms with Gasteiger partial charge in [0, 0.05) is 6.54 Å². The number of pyridine rings is 1. The molecule has 2 rings (SSSR count). The summed E-state index contributed by atoms with van der Waals surface area (Å²) in [5, 5.41) is 9.70. The van der Waals surface area contributed by atoms with E-state index in [0.717, 1.165) is 18.8 Å². The van der Waals surface area contributed by atoms with Gasteiger partial charge in [-0.3, -0.25) is 9.82 Å². The van der Waals surface area contributed by atoms with E-state index in [0.29, 0.717) is 17.1 Å². The first-order chi connectivity index (χ1) is 9.94. The standard InChI is InChI=1S/C13H19N5O2S/c1-4-7-14-12-6-5-11(8-15-12)18-21(19,20)13-9(2)16-17-10(13)3/h5-6,8,18H,4,7H2,1-3H3,(H,14,15)(H,16,17). The van der Waals surface area contributed by atoms with Gasteiger partial charge in [0.25, 0.3) is 10.0 Å². The van der Waals surface area contributed by atoms with Crippen molar-refractivity contribution in [2.45, 2.75) is 32.1 Å². The summed E-state index contributed by atoms with van der Waals surface area (Å²) < 4.78 is 27.2. The van der Waals surface area contributed by atoms with Crippen molar-refractivity contribution >= 4 is 21.5 Å². The van der Waals surface area contributed by atoms with Crippen molar-refractivity contribution in [2.24, 2.45) is 0 Å². The Balaban J connectivity index is 2.17. The average molecular weight is 309 g/mol. The van der Waals surface area contributed by atoms with Crippen LogP contribution in [0.1, 0.15) is 24.7 Å². The molecule has 8 heteroatoms. The van der Waals surface area contributed by atoms with Crippen molar-refractivity contribution in [1.29, 1.82) is 0 Å². The van der Waals surface area contributed by atoms with Crippen LogP contribution in [0.4, 0.5) is 11.5 Å². The van der Waals surface area contributed by atoms with Crippen LogP contribution in [0.2, 0.25) is 0 Å². The summed E-state index contributed by atoms with van der Waals surface area (Å²) in [6.07, 6.45) is 2.48. The molecule has 2 aromatic rings. The molecule has 0 saturated heterocycles. The molecule has 0 aromatic carbocycles. The lowest BCUT2D eigenvalue weighted by Crippen LogP contribution is -2.15. The number of sulfonamides is 1. The summed E-state index contributed by atoms with van der Waals surface area (Å²) in [6.45, 7) is 6.20. The van der Waals surface area contributed by atoms with E-state index in [1.165, 1.54) is 6.20 Å². The van der Waals surface area contributed by atoms with Crippen LogP contribution >= 0.6 is 0 Å². The molecule has 0 bridgehead atoms. The van der Waals surface area contributed by atoms with Gasteiger partial charge in [-0.25, -0.2) is 13.4 Å². The number of hydrogen-bond acceptors (Lipinski definition) is 5. The molecule has 114 valence electrons. The Hall–Kier alpha value is -2.09. The summed E-state index contributed by atoms with van der Waals surface area (Å²) in [4.78, 5) is 4.34. The van der Waals surface area contributed by atoms with Crippen molar-refractivity contribution in [3.05, 3.63) is 29.7 Å². The van der Waals surface area contributed by atoms with Crippen LogP contribution in [-0.2, 0) is 10.0 Å². The number of anilines is 2. The van der Waals surface area contributed by atoms with Gasteiger partial charge in [0.1, 0.15) is 10.7 Å². The second-order valence-corrected chi connectivity index (χ2v) is 6.35. The zero-order valence-electron chi connectivity index (χ0n) is 12.3. The van der Waals surface area contributed by atoms with E-state index in [4.69, 9.17) is 0 Å². The summed E-state index contributed by atoms with van der Waals surface area (Å²) in [6, 6.07) is 3.41. The van der Waals surface area contributed by atoms with E-state index in [-0.39, 0.29) is 4.90 Å². The molecule has 0 aliphatic heterocycles. The molecule has 0 amide bonds. The fraction of sp³-hybridized carbons (Fsp3) is 0.385. The Morgan fingerprint density at radius 1 is 1.29 bits per heavy atom. The first-order valence-electron chi connectivity index (χ1n) is 6.68. The van der Waals surface area contributed by atoms with E-state index >= 15 is 0 Å². The molecule has 7 nitrogen and oxygen atoms in total. The van der Waals surface area contributed by atoms with Crippen LogP contribution in [-0.4, -0.2) is 30.1 Å². The number of aryl methyl sites for hydroxylation is 2. The molecule has 0 atom stereocenters. The van der Waals surface area contributed by atoms with Crippen LogP contribution in [0.25, 0.3) is 0 Å². The fourth-order valence-corrected chi connectivity index (χ4v) is 3.37. The minimum Gasteiger partial charge on any atom is -0.370 e. The Kier molecular flexibility index (Phi) is 4.46. The minimum absolute atomic E-state index is 0.177. The van der Waals surface area contributed by atoms with Gasteiger partial charge in [0.05, 0.1) is 23.3 Å². The summed E-state index contributed by atoms with van der Waals surface area (Å²) in [5.41, 5.74) is 1.36. The smallest absolute Gasteiger partial charge is 0.265 e. The number of H-pyrrole nitrogens is 1. The van der Waals surface area contributed by atoms with Crippen LogP contribution in [0.5, 0.6) is 0 Å². The van der Waals surface area contributed by atoms with Gasteiger partial charge in [-0.1, -0.05) is 6.92 Å². The molecular formula is C13H19N5O2S. The largest absolute Gasteiger partial charge is 0.370 e. The Labute approximate surface area is 124 Å². The molecule has 2 aromatic heterocycles. The van der Waals surface area contributed by atoms with Gasteiger partial charge < -0.3 is 5.32 Å². The number of aromatic amines is 1. The normalized spacial score (nSPS) is 11.4. The number of nitrogens with zero attached hydrogens (tertiary/aromatic N) is 2. The Morgan fingerprint density at radius 2 is 2.05 bits per heavy atom. The molecule has 0 fully saturated rings.